The van der Waals surface area contributed by atoms with Crippen LogP contribution in [0.2, 0.25) is 0 Å². The highest BCUT2D eigenvalue weighted by Gasteiger charge is 2.48. The summed E-state index contributed by atoms with van der Waals surface area (Å²) in [6.45, 7) is 20.0. The first kappa shape index (κ1) is 57.3. The second-order valence-corrected chi connectivity index (χ2v) is 23.0. The van der Waals surface area contributed by atoms with Crippen LogP contribution in [0.1, 0.15) is 140 Å². The van der Waals surface area contributed by atoms with Gasteiger partial charge in [-0.05, 0) is 118 Å². The van der Waals surface area contributed by atoms with E-state index in [2.05, 4.69) is 43.3 Å². The fraction of sp³-hybridized carbons (Fsp3) is 0.623. The van der Waals surface area contributed by atoms with Crippen molar-refractivity contribution < 1.29 is 38.4 Å². The number of benzene rings is 2. The van der Waals surface area contributed by atoms with Crippen LogP contribution in [0.25, 0.3) is 0 Å². The van der Waals surface area contributed by atoms with E-state index in [0.717, 1.165) is 30.4 Å². The summed E-state index contributed by atoms with van der Waals surface area (Å²) in [4.78, 5) is 115. The molecule has 7 N–H and O–H groups in total. The Balaban J connectivity index is 1.36. The minimum absolute atomic E-state index is 0.00956. The van der Waals surface area contributed by atoms with Crippen LogP contribution in [0.4, 0.5) is 0 Å². The van der Waals surface area contributed by atoms with Crippen LogP contribution in [-0.4, -0.2) is 143 Å². The molecular weight excluding hydrogens is 940 g/mol. The van der Waals surface area contributed by atoms with Crippen molar-refractivity contribution in [1.82, 2.24) is 51.4 Å². The number of fused-ring (bicyclic) bond motifs is 1. The number of nitrogens with zero attached hydrogens (tertiary/aromatic N) is 3. The molecule has 2 aliphatic heterocycles. The third kappa shape index (κ3) is 14.1. The van der Waals surface area contributed by atoms with Crippen molar-refractivity contribution in [1.29, 1.82) is 0 Å². The maximum atomic E-state index is 14.7. The number of hydrogen-bond donors (Lipinski definition) is 7. The van der Waals surface area contributed by atoms with E-state index in [1.807, 2.05) is 80.5 Å². The molecule has 1 aliphatic carbocycles. The fourth-order valence-electron chi connectivity index (χ4n) is 9.32. The molecule has 10 atom stereocenters. The number of amides is 8. The van der Waals surface area contributed by atoms with Crippen LogP contribution in [0.5, 0.6) is 0 Å². The predicted molar refractivity (Wildman–Crippen MR) is 276 cm³/mol. The number of likely N-dealkylation sites (N-methyl/N-ethyl adjacent to an activating group) is 2. The molecule has 2 saturated heterocycles. The van der Waals surface area contributed by atoms with Gasteiger partial charge >= 0.3 is 0 Å². The number of nitrogens with one attached hydrogen (secondary N) is 7. The van der Waals surface area contributed by atoms with Crippen molar-refractivity contribution >= 4 is 59.0 Å². The Hall–Kier alpha value is -5.59. The molecule has 72 heavy (non-hydrogen) atoms. The molecule has 2 heterocycles. The molecule has 0 radical (unpaired) electrons. The zero-order valence-electron chi connectivity index (χ0n) is 44.4. The molecule has 0 bridgehead atoms. The number of likely N-dealkylation sites (tertiary alicyclic amines) is 2. The molecule has 5 rings (SSSR count). The van der Waals surface area contributed by atoms with Gasteiger partial charge < -0.3 is 47.0 Å². The highest BCUT2D eigenvalue weighted by Crippen LogP contribution is 2.32. The lowest BCUT2D eigenvalue weighted by Gasteiger charge is -2.36. The SMILES string of the molecule is CN[C@@H](C)C(=O)N[C@H](C(=O)N1C[C@@H](NC(=O)c2cccc(C(=O)N[C@H]3C[C@@H](C(=O)N[C@@H]4CCCc5ccccc54)N(C(=O)[C@@H](NC(=O)[C@H](C)N(C)Cl)C(C)(C)C)C3)c2)C[C@H]1C(=O)N[C@H](C)C(C)C)C(C)(C)C. The van der Waals surface area contributed by atoms with Gasteiger partial charge in [0.1, 0.15) is 30.2 Å². The molecule has 0 aromatic heterocycles. The Morgan fingerprint density at radius 3 is 1.65 bits per heavy atom. The Kier molecular flexibility index (Phi) is 19.1. The minimum atomic E-state index is -1.05. The van der Waals surface area contributed by atoms with Crippen LogP contribution in [0.3, 0.4) is 0 Å². The second-order valence-electron chi connectivity index (χ2n) is 22.4. The van der Waals surface area contributed by atoms with E-state index in [1.165, 1.54) is 20.3 Å². The van der Waals surface area contributed by atoms with Crippen molar-refractivity contribution in [3.63, 3.8) is 0 Å². The standard InChI is InChI=1S/C53H79ClN10O8/c1-29(2)30(3)56-48(69)40-25-36(27-63(40)50(71)42(52(6,7)8)60-44(65)31(4)55-12)57-46(67)34-20-16-21-35(24-34)47(68)58-37-26-41(49(70)59-39-23-17-19-33-18-14-15-22-38(33)39)64(28-37)51(72)43(53(9,10)11)61-45(66)32(5)62(13)54/h14-16,18,20-22,24,29-32,36-37,39-43,55H,17,19,23,25-28H2,1-13H3,(H,56,69)(H,57,67)(H,58,68)(H,59,70)(H,60,65)(H,61,66)/t30-,31+,32+,36+,37+,39-,40+,41+,42-,43-/m1/s1. The third-order valence-electron chi connectivity index (χ3n) is 14.4. The Morgan fingerprint density at radius 1 is 0.667 bits per heavy atom. The number of rotatable bonds is 17. The van der Waals surface area contributed by atoms with Gasteiger partial charge in [0, 0.05) is 49.4 Å². The number of halogens is 1. The first-order chi connectivity index (χ1) is 33.6. The molecule has 2 fully saturated rings. The maximum absolute atomic E-state index is 14.7. The predicted octanol–water partition coefficient (Wildman–Crippen LogP) is 3.58. The van der Waals surface area contributed by atoms with Crippen LogP contribution < -0.4 is 37.2 Å². The average Bonchev–Trinajstić information content (AvgIpc) is 3.95. The van der Waals surface area contributed by atoms with Gasteiger partial charge in [0.2, 0.25) is 35.4 Å². The number of carbonyl (C=O) groups is 8. The van der Waals surface area contributed by atoms with E-state index in [-0.39, 0.29) is 72.8 Å². The molecule has 19 heteroatoms. The average molecular weight is 1020 g/mol. The number of carbonyl (C=O) groups excluding carboxylic acids is 8. The van der Waals surface area contributed by atoms with E-state index >= 15 is 0 Å². The Bertz CT molecular complexity index is 2330. The Morgan fingerprint density at radius 2 is 1.17 bits per heavy atom. The number of aryl methyl sites for hydroxylation is 1. The van der Waals surface area contributed by atoms with E-state index in [1.54, 1.807) is 46.1 Å². The normalized spacial score (nSPS) is 22.2. The van der Waals surface area contributed by atoms with Crippen molar-refractivity contribution in [2.24, 2.45) is 16.7 Å². The molecule has 396 valence electrons. The third-order valence-corrected chi connectivity index (χ3v) is 14.7. The zero-order chi connectivity index (χ0) is 53.6. The van der Waals surface area contributed by atoms with Gasteiger partial charge in [0.05, 0.1) is 12.1 Å². The largest absolute Gasteiger partial charge is 0.352 e. The van der Waals surface area contributed by atoms with Crippen molar-refractivity contribution in [2.45, 2.75) is 169 Å². The highest BCUT2D eigenvalue weighted by atomic mass is 35.5. The molecule has 8 amide bonds. The van der Waals surface area contributed by atoms with Crippen LogP contribution in [0, 0.1) is 16.7 Å². The van der Waals surface area contributed by atoms with Crippen LogP contribution >= 0.6 is 11.8 Å². The van der Waals surface area contributed by atoms with Gasteiger partial charge in [-0.25, -0.2) is 4.42 Å². The van der Waals surface area contributed by atoms with E-state index in [0.29, 0.717) is 0 Å². The van der Waals surface area contributed by atoms with Crippen LogP contribution in [0.15, 0.2) is 48.5 Å². The van der Waals surface area contributed by atoms with Gasteiger partial charge in [-0.1, -0.05) is 85.7 Å². The van der Waals surface area contributed by atoms with Crippen LogP contribution in [-0.2, 0) is 35.2 Å². The molecule has 2 aromatic rings. The summed E-state index contributed by atoms with van der Waals surface area (Å²) in [7, 11) is 3.18. The minimum Gasteiger partial charge on any atom is -0.352 e. The summed E-state index contributed by atoms with van der Waals surface area (Å²) < 4.78 is 1.22. The van der Waals surface area contributed by atoms with Gasteiger partial charge in [0.15, 0.2) is 0 Å². The quantitative estimate of drug-likeness (QED) is 0.114. The van der Waals surface area contributed by atoms with Gasteiger partial charge in [-0.2, -0.15) is 0 Å². The van der Waals surface area contributed by atoms with Crippen molar-refractivity contribution in [3.8, 4) is 0 Å². The summed E-state index contributed by atoms with van der Waals surface area (Å²) in [6, 6.07) is 6.92. The fourth-order valence-corrected chi connectivity index (χ4v) is 9.40. The Labute approximate surface area is 430 Å². The topological polar surface area (TPSA) is 230 Å². The molecular formula is C53H79ClN10O8. The summed E-state index contributed by atoms with van der Waals surface area (Å²) in [6.07, 6.45) is 2.68. The summed E-state index contributed by atoms with van der Waals surface area (Å²) in [5, 5.41) is 20.8. The van der Waals surface area contributed by atoms with Gasteiger partial charge in [-0.15, -0.1) is 0 Å². The second kappa shape index (κ2) is 24.0. The summed E-state index contributed by atoms with van der Waals surface area (Å²) in [5.74, 6) is -3.50. The first-order valence-corrected chi connectivity index (χ1v) is 25.6. The molecule has 0 spiro atoms. The molecule has 0 unspecified atom stereocenters. The number of hydrogen-bond acceptors (Lipinski definition) is 10. The van der Waals surface area contributed by atoms with E-state index in [4.69, 9.17) is 11.8 Å². The lowest BCUT2D eigenvalue weighted by atomic mass is 9.85. The van der Waals surface area contributed by atoms with Crippen molar-refractivity contribution in [2.75, 3.05) is 27.2 Å². The molecule has 2 aromatic carbocycles. The summed E-state index contributed by atoms with van der Waals surface area (Å²) in [5.41, 5.74) is 0.954. The summed E-state index contributed by atoms with van der Waals surface area (Å²) >= 11 is 6.13. The van der Waals surface area contributed by atoms with Gasteiger partial charge in [0.25, 0.3) is 11.8 Å². The molecule has 3 aliphatic rings. The molecule has 0 saturated carbocycles. The van der Waals surface area contributed by atoms with E-state index in [9.17, 15) is 38.4 Å². The molecule has 18 nitrogen and oxygen atoms in total. The smallest absolute Gasteiger partial charge is 0.251 e. The van der Waals surface area contributed by atoms with Crippen molar-refractivity contribution in [3.05, 3.63) is 70.8 Å². The monoisotopic (exact) mass is 1020 g/mol. The van der Waals surface area contributed by atoms with Gasteiger partial charge in [-0.3, -0.25) is 38.4 Å². The van der Waals surface area contributed by atoms with E-state index < -0.39 is 88.7 Å². The zero-order valence-corrected chi connectivity index (χ0v) is 45.2. The maximum Gasteiger partial charge on any atom is 0.251 e. The lowest BCUT2D eigenvalue weighted by Crippen LogP contribution is -2.60. The first-order valence-electron chi connectivity index (χ1n) is 25.3. The lowest BCUT2D eigenvalue weighted by molar-refractivity contribution is -0.144. The highest BCUT2D eigenvalue weighted by molar-refractivity contribution is 6.14.